The number of hydrogen-bond acceptors (Lipinski definition) is 4. The number of nitrogens with zero attached hydrogens (tertiary/aromatic N) is 4. The number of hydrogen-bond donors (Lipinski definition) is 1. The first-order valence-electron chi connectivity index (χ1n) is 6.60. The molecule has 0 aromatic carbocycles. The smallest absolute Gasteiger partial charge is 0.196 e. The molecule has 0 fully saturated rings. The topological polar surface area (TPSA) is 55.6 Å². The summed E-state index contributed by atoms with van der Waals surface area (Å²) in [6.45, 7) is 5.12. The van der Waals surface area contributed by atoms with Crippen LogP contribution in [0.5, 0.6) is 0 Å². The van der Waals surface area contributed by atoms with E-state index in [9.17, 15) is 0 Å². The Balaban J connectivity index is 2.29. The molecule has 0 spiro atoms. The number of imidazole rings is 1. The third-order valence-electron chi connectivity index (χ3n) is 3.30. The molecule has 2 aromatic heterocycles. The minimum absolute atomic E-state index is 0.708. The summed E-state index contributed by atoms with van der Waals surface area (Å²) in [5.41, 5.74) is 3.37. The maximum Gasteiger partial charge on any atom is 0.196 e. The fraction of sp³-hybridized carbons (Fsp3) is 0.500. The predicted molar refractivity (Wildman–Crippen MR) is 76.0 cm³/mol. The third kappa shape index (κ3) is 2.98. The monoisotopic (exact) mass is 259 g/mol. The highest BCUT2D eigenvalue weighted by molar-refractivity contribution is 5.46. The molecule has 5 heteroatoms. The van der Waals surface area contributed by atoms with Gasteiger partial charge in [-0.25, -0.2) is 15.0 Å². The van der Waals surface area contributed by atoms with Crippen molar-refractivity contribution in [2.75, 3.05) is 13.6 Å². The van der Waals surface area contributed by atoms with Crippen LogP contribution in [0.1, 0.15) is 23.4 Å². The van der Waals surface area contributed by atoms with Gasteiger partial charge in [0.15, 0.2) is 11.6 Å². The summed E-state index contributed by atoms with van der Waals surface area (Å²) in [7, 11) is 3.93. The van der Waals surface area contributed by atoms with Gasteiger partial charge in [-0.3, -0.25) is 0 Å². The summed E-state index contributed by atoms with van der Waals surface area (Å²) in [5.74, 6) is 1.52. The molecule has 0 amide bonds. The van der Waals surface area contributed by atoms with E-state index in [1.54, 1.807) is 6.20 Å². The highest BCUT2D eigenvalue weighted by Gasteiger charge is 2.12. The molecule has 5 nitrogen and oxygen atoms in total. The van der Waals surface area contributed by atoms with Crippen molar-refractivity contribution in [3.05, 3.63) is 29.3 Å². The van der Waals surface area contributed by atoms with Gasteiger partial charge in [-0.15, -0.1) is 0 Å². The van der Waals surface area contributed by atoms with Crippen LogP contribution in [0.3, 0.4) is 0 Å². The number of aryl methyl sites for hydroxylation is 3. The summed E-state index contributed by atoms with van der Waals surface area (Å²) < 4.78 is 1.94. The molecular weight excluding hydrogens is 238 g/mol. The van der Waals surface area contributed by atoms with Crippen LogP contribution in [-0.4, -0.2) is 33.1 Å². The molecule has 2 aromatic rings. The van der Waals surface area contributed by atoms with E-state index < -0.39 is 0 Å². The van der Waals surface area contributed by atoms with E-state index in [2.05, 4.69) is 34.1 Å². The van der Waals surface area contributed by atoms with Crippen molar-refractivity contribution in [2.24, 2.45) is 7.05 Å². The molecule has 1 N–H and O–H groups in total. The van der Waals surface area contributed by atoms with Crippen molar-refractivity contribution >= 4 is 0 Å². The van der Waals surface area contributed by atoms with Crippen molar-refractivity contribution in [1.29, 1.82) is 0 Å². The second-order valence-electron chi connectivity index (χ2n) is 4.77. The Morgan fingerprint density at radius 1 is 1.21 bits per heavy atom. The Bertz CT molecular complexity index is 536. The summed E-state index contributed by atoms with van der Waals surface area (Å²) in [6, 6.07) is 0. The van der Waals surface area contributed by atoms with Gasteiger partial charge in [0.05, 0.1) is 0 Å². The van der Waals surface area contributed by atoms with Gasteiger partial charge < -0.3 is 9.88 Å². The largest absolute Gasteiger partial charge is 0.331 e. The first-order chi connectivity index (χ1) is 9.13. The molecule has 0 aliphatic rings. The van der Waals surface area contributed by atoms with Gasteiger partial charge in [-0.1, -0.05) is 0 Å². The molecule has 2 rings (SSSR count). The van der Waals surface area contributed by atoms with Gasteiger partial charge in [0.2, 0.25) is 0 Å². The van der Waals surface area contributed by atoms with E-state index in [1.807, 2.05) is 24.9 Å². The van der Waals surface area contributed by atoms with Crippen LogP contribution in [0.2, 0.25) is 0 Å². The molecule has 0 aliphatic heterocycles. The second-order valence-corrected chi connectivity index (χ2v) is 4.77. The van der Waals surface area contributed by atoms with Gasteiger partial charge >= 0.3 is 0 Å². The number of aromatic nitrogens is 4. The molecule has 0 atom stereocenters. The molecule has 0 saturated carbocycles. The molecule has 0 saturated heterocycles. The van der Waals surface area contributed by atoms with E-state index in [4.69, 9.17) is 0 Å². The number of nitrogens with one attached hydrogen (secondary N) is 1. The minimum atomic E-state index is 0.708. The van der Waals surface area contributed by atoms with Crippen LogP contribution >= 0.6 is 0 Å². The van der Waals surface area contributed by atoms with Gasteiger partial charge in [0, 0.05) is 30.8 Å². The van der Waals surface area contributed by atoms with Crippen molar-refractivity contribution in [1.82, 2.24) is 24.8 Å². The molecule has 0 bridgehead atoms. The Hall–Kier alpha value is -1.75. The van der Waals surface area contributed by atoms with Crippen LogP contribution in [0.4, 0.5) is 0 Å². The fourth-order valence-corrected chi connectivity index (χ4v) is 2.22. The van der Waals surface area contributed by atoms with E-state index in [-0.39, 0.29) is 0 Å². The lowest BCUT2D eigenvalue weighted by Crippen LogP contribution is -2.11. The first-order valence-corrected chi connectivity index (χ1v) is 6.60. The summed E-state index contributed by atoms with van der Waals surface area (Å²) in [6.07, 6.45) is 5.79. The van der Waals surface area contributed by atoms with E-state index in [0.29, 0.717) is 5.82 Å². The predicted octanol–water partition coefficient (Wildman–Crippen LogP) is 1.65. The highest BCUT2D eigenvalue weighted by atomic mass is 15.1. The van der Waals surface area contributed by atoms with Crippen LogP contribution in [0.15, 0.2) is 12.4 Å². The first kappa shape index (κ1) is 13.7. The van der Waals surface area contributed by atoms with Crippen LogP contribution in [0, 0.1) is 13.8 Å². The quantitative estimate of drug-likeness (QED) is 0.829. The molecule has 0 aliphatic carbocycles. The van der Waals surface area contributed by atoms with E-state index in [0.717, 1.165) is 36.6 Å². The zero-order valence-electron chi connectivity index (χ0n) is 12.1. The summed E-state index contributed by atoms with van der Waals surface area (Å²) in [5, 5.41) is 3.16. The molecule has 2 heterocycles. The zero-order chi connectivity index (χ0) is 13.8. The van der Waals surface area contributed by atoms with Crippen molar-refractivity contribution in [2.45, 2.75) is 26.7 Å². The summed E-state index contributed by atoms with van der Waals surface area (Å²) >= 11 is 0. The lowest BCUT2D eigenvalue weighted by Gasteiger charge is -2.10. The van der Waals surface area contributed by atoms with Gasteiger partial charge in [0.25, 0.3) is 0 Å². The maximum atomic E-state index is 4.60. The Labute approximate surface area is 114 Å². The molecule has 0 unspecified atom stereocenters. The average molecular weight is 259 g/mol. The maximum absolute atomic E-state index is 4.60. The Kier molecular flexibility index (Phi) is 4.27. The molecule has 102 valence electrons. The lowest BCUT2D eigenvalue weighted by atomic mass is 10.1. The van der Waals surface area contributed by atoms with Crippen LogP contribution in [-0.2, 0) is 13.5 Å². The normalized spacial score (nSPS) is 10.9. The third-order valence-corrected chi connectivity index (χ3v) is 3.30. The van der Waals surface area contributed by atoms with Crippen LogP contribution < -0.4 is 5.32 Å². The van der Waals surface area contributed by atoms with E-state index >= 15 is 0 Å². The van der Waals surface area contributed by atoms with Gasteiger partial charge in [-0.2, -0.15) is 0 Å². The van der Waals surface area contributed by atoms with Gasteiger partial charge in [-0.05, 0) is 45.8 Å². The van der Waals surface area contributed by atoms with Gasteiger partial charge in [0.1, 0.15) is 0 Å². The summed E-state index contributed by atoms with van der Waals surface area (Å²) in [4.78, 5) is 13.5. The minimum Gasteiger partial charge on any atom is -0.331 e. The second kappa shape index (κ2) is 5.93. The number of rotatable bonds is 5. The molecular formula is C14H21N5. The van der Waals surface area contributed by atoms with E-state index in [1.165, 1.54) is 5.56 Å². The average Bonchev–Trinajstić information content (AvgIpc) is 2.79. The fourth-order valence-electron chi connectivity index (χ4n) is 2.22. The highest BCUT2D eigenvalue weighted by Crippen LogP contribution is 2.18. The molecule has 19 heavy (non-hydrogen) atoms. The molecule has 0 radical (unpaired) electrons. The SMILES string of the molecule is CNCCCc1c(C)nc(-c2nccn2C)nc1C. The lowest BCUT2D eigenvalue weighted by molar-refractivity contribution is 0.715. The zero-order valence-corrected chi connectivity index (χ0v) is 12.1. The van der Waals surface area contributed by atoms with Crippen molar-refractivity contribution < 1.29 is 0 Å². The van der Waals surface area contributed by atoms with Crippen molar-refractivity contribution in [3.8, 4) is 11.6 Å². The Morgan fingerprint density at radius 2 is 1.89 bits per heavy atom. The Morgan fingerprint density at radius 3 is 2.42 bits per heavy atom. The van der Waals surface area contributed by atoms with Crippen LogP contribution in [0.25, 0.3) is 11.6 Å². The van der Waals surface area contributed by atoms with Crippen molar-refractivity contribution in [3.63, 3.8) is 0 Å². The standard InChI is InChI=1S/C14H21N5/c1-10-12(6-5-7-15-3)11(2)18-13(17-10)14-16-8-9-19(14)4/h8-9,15H,5-7H2,1-4H3.